The van der Waals surface area contributed by atoms with Crippen molar-refractivity contribution >= 4 is 29.7 Å². The molecule has 0 aromatic heterocycles. The molecular formula is C24H39N7O5. The van der Waals surface area contributed by atoms with E-state index in [9.17, 15) is 24.3 Å². The summed E-state index contributed by atoms with van der Waals surface area (Å²) in [5.74, 6) is -3.29. The third kappa shape index (κ3) is 10.7. The van der Waals surface area contributed by atoms with Gasteiger partial charge >= 0.3 is 5.97 Å². The number of hydrogen-bond donors (Lipinski definition) is 7. The summed E-state index contributed by atoms with van der Waals surface area (Å²) in [6.07, 6.45) is 1.47. The van der Waals surface area contributed by atoms with Crippen molar-refractivity contribution < 1.29 is 24.3 Å². The molecule has 0 fully saturated rings. The molecule has 0 spiro atoms. The number of nitrogens with one attached hydrogen (secondary N) is 3. The molecule has 0 saturated heterocycles. The number of aliphatic imine (C=N–C) groups is 1. The molecule has 10 N–H and O–H groups in total. The molecule has 12 nitrogen and oxygen atoms in total. The van der Waals surface area contributed by atoms with Crippen molar-refractivity contribution in [2.75, 3.05) is 6.54 Å². The smallest absolute Gasteiger partial charge is 0.326 e. The number of guanidine groups is 1. The molecule has 5 atom stereocenters. The molecule has 200 valence electrons. The SMILES string of the molecule is CCC(C)C(NC(=O)C(Cc1ccccc1)NC(=O)C(C)NC(=O)C(N)CCCN=C(N)N)C(=O)O. The zero-order chi connectivity index (χ0) is 27.3. The molecule has 0 aliphatic carbocycles. The van der Waals surface area contributed by atoms with Crippen molar-refractivity contribution in [3.8, 4) is 0 Å². The van der Waals surface area contributed by atoms with E-state index in [1.165, 1.54) is 6.92 Å². The average Bonchev–Trinajstić information content (AvgIpc) is 2.84. The standard InChI is InChI=1S/C24H39N7O5/c1-4-14(2)19(23(35)36)31-22(34)18(13-16-9-6-5-7-10-16)30-20(32)15(3)29-21(33)17(25)11-8-12-28-24(26)27/h5-7,9-10,14-15,17-19H,4,8,11-13,25H2,1-3H3,(H,29,33)(H,30,32)(H,31,34)(H,35,36)(H4,26,27,28). The second-order valence-electron chi connectivity index (χ2n) is 8.75. The zero-order valence-electron chi connectivity index (χ0n) is 21.1. The van der Waals surface area contributed by atoms with Crippen LogP contribution in [0.1, 0.15) is 45.6 Å². The largest absolute Gasteiger partial charge is 0.480 e. The number of aliphatic carboxylic acids is 1. The van der Waals surface area contributed by atoms with Crippen LogP contribution in [0.25, 0.3) is 0 Å². The molecule has 0 saturated carbocycles. The fourth-order valence-corrected chi connectivity index (χ4v) is 3.33. The van der Waals surface area contributed by atoms with Crippen molar-refractivity contribution in [2.24, 2.45) is 28.1 Å². The van der Waals surface area contributed by atoms with Gasteiger partial charge in [-0.25, -0.2) is 4.79 Å². The van der Waals surface area contributed by atoms with E-state index >= 15 is 0 Å². The molecule has 0 bridgehead atoms. The van der Waals surface area contributed by atoms with Gasteiger partial charge in [-0.2, -0.15) is 0 Å². The fraction of sp³-hybridized carbons (Fsp3) is 0.542. The van der Waals surface area contributed by atoms with Crippen LogP contribution in [-0.2, 0) is 25.6 Å². The highest BCUT2D eigenvalue weighted by Crippen LogP contribution is 2.10. The lowest BCUT2D eigenvalue weighted by atomic mass is 9.98. The summed E-state index contributed by atoms with van der Waals surface area (Å²) in [5, 5.41) is 17.2. The van der Waals surface area contributed by atoms with Crippen molar-refractivity contribution in [1.82, 2.24) is 16.0 Å². The van der Waals surface area contributed by atoms with Crippen molar-refractivity contribution in [1.29, 1.82) is 0 Å². The molecule has 0 aliphatic rings. The average molecular weight is 506 g/mol. The van der Waals surface area contributed by atoms with E-state index < -0.39 is 47.9 Å². The van der Waals surface area contributed by atoms with Gasteiger partial charge in [-0.1, -0.05) is 50.6 Å². The van der Waals surface area contributed by atoms with Gasteiger partial charge in [-0.3, -0.25) is 19.4 Å². The van der Waals surface area contributed by atoms with Gasteiger partial charge in [0, 0.05) is 13.0 Å². The Bertz CT molecular complexity index is 905. The molecule has 1 aromatic rings. The van der Waals surface area contributed by atoms with Gasteiger partial charge in [0.1, 0.15) is 18.1 Å². The summed E-state index contributed by atoms with van der Waals surface area (Å²) < 4.78 is 0. The Balaban J connectivity index is 2.86. The molecule has 0 aliphatic heterocycles. The van der Waals surface area contributed by atoms with Gasteiger partial charge in [0.05, 0.1) is 6.04 Å². The van der Waals surface area contributed by atoms with Crippen LogP contribution in [0.5, 0.6) is 0 Å². The first-order chi connectivity index (χ1) is 17.0. The lowest BCUT2D eigenvalue weighted by Crippen LogP contribution is -2.57. The van der Waals surface area contributed by atoms with Crippen molar-refractivity contribution in [3.05, 3.63) is 35.9 Å². The third-order valence-corrected chi connectivity index (χ3v) is 5.75. The highest BCUT2D eigenvalue weighted by molar-refractivity contribution is 5.94. The number of rotatable bonds is 15. The second kappa shape index (κ2) is 15.4. The van der Waals surface area contributed by atoms with Crippen LogP contribution in [0.15, 0.2) is 35.3 Å². The van der Waals surface area contributed by atoms with Crippen LogP contribution in [0, 0.1) is 5.92 Å². The Labute approximate surface area is 211 Å². The minimum Gasteiger partial charge on any atom is -0.480 e. The maximum absolute atomic E-state index is 13.0. The summed E-state index contributed by atoms with van der Waals surface area (Å²) in [4.78, 5) is 53.8. The quantitative estimate of drug-likeness (QED) is 0.0908. The second-order valence-corrected chi connectivity index (χ2v) is 8.75. The van der Waals surface area contributed by atoms with E-state index in [1.54, 1.807) is 31.2 Å². The zero-order valence-corrected chi connectivity index (χ0v) is 21.1. The fourth-order valence-electron chi connectivity index (χ4n) is 3.33. The minimum absolute atomic E-state index is 0.0498. The van der Waals surface area contributed by atoms with Gasteiger partial charge in [-0.15, -0.1) is 0 Å². The summed E-state index contributed by atoms with van der Waals surface area (Å²) >= 11 is 0. The number of carboxylic acid groups (broad SMARTS) is 1. The number of carbonyl (C=O) groups excluding carboxylic acids is 3. The predicted octanol–water partition coefficient (Wildman–Crippen LogP) is -0.785. The van der Waals surface area contributed by atoms with Gasteiger partial charge in [0.15, 0.2) is 5.96 Å². The number of carbonyl (C=O) groups is 4. The Morgan fingerprint density at radius 1 is 0.972 bits per heavy atom. The first kappa shape index (κ1) is 30.4. The van der Waals surface area contributed by atoms with E-state index in [2.05, 4.69) is 20.9 Å². The molecule has 36 heavy (non-hydrogen) atoms. The van der Waals surface area contributed by atoms with Gasteiger partial charge in [0.25, 0.3) is 0 Å². The Hall–Kier alpha value is -3.67. The first-order valence-electron chi connectivity index (χ1n) is 11.9. The van der Waals surface area contributed by atoms with Gasteiger partial charge < -0.3 is 38.3 Å². The maximum atomic E-state index is 13.0. The molecule has 1 rings (SSSR count). The summed E-state index contributed by atoms with van der Waals surface area (Å²) in [6, 6.07) is 4.97. The normalized spacial score (nSPS) is 14.9. The molecule has 5 unspecified atom stereocenters. The van der Waals surface area contributed by atoms with E-state index in [4.69, 9.17) is 17.2 Å². The lowest BCUT2D eigenvalue weighted by Gasteiger charge is -2.25. The van der Waals surface area contributed by atoms with E-state index in [0.717, 1.165) is 5.56 Å². The minimum atomic E-state index is -1.16. The summed E-state index contributed by atoms with van der Waals surface area (Å²) in [5.41, 5.74) is 17.2. The molecule has 3 amide bonds. The first-order valence-corrected chi connectivity index (χ1v) is 11.9. The van der Waals surface area contributed by atoms with Crippen LogP contribution < -0.4 is 33.2 Å². The third-order valence-electron chi connectivity index (χ3n) is 5.75. The van der Waals surface area contributed by atoms with Crippen LogP contribution in [-0.4, -0.2) is 65.5 Å². The van der Waals surface area contributed by atoms with Crippen LogP contribution in [0.4, 0.5) is 0 Å². The highest BCUT2D eigenvalue weighted by atomic mass is 16.4. The number of amides is 3. The van der Waals surface area contributed by atoms with Crippen molar-refractivity contribution in [3.63, 3.8) is 0 Å². The topological polar surface area (TPSA) is 215 Å². The number of nitrogens with zero attached hydrogens (tertiary/aromatic N) is 1. The monoisotopic (exact) mass is 505 g/mol. The van der Waals surface area contributed by atoms with E-state index in [0.29, 0.717) is 25.8 Å². The number of nitrogens with two attached hydrogens (primary N) is 3. The summed E-state index contributed by atoms with van der Waals surface area (Å²) in [7, 11) is 0. The van der Waals surface area contributed by atoms with Crippen LogP contribution >= 0.6 is 0 Å². The highest BCUT2D eigenvalue weighted by Gasteiger charge is 2.31. The Kier molecular flexibility index (Phi) is 12.9. The van der Waals surface area contributed by atoms with Crippen LogP contribution in [0.2, 0.25) is 0 Å². The Morgan fingerprint density at radius 2 is 1.61 bits per heavy atom. The Morgan fingerprint density at radius 3 is 2.17 bits per heavy atom. The van der Waals surface area contributed by atoms with Crippen molar-refractivity contribution in [2.45, 2.75) is 70.6 Å². The maximum Gasteiger partial charge on any atom is 0.326 e. The van der Waals surface area contributed by atoms with Gasteiger partial charge in [-0.05, 0) is 31.2 Å². The predicted molar refractivity (Wildman–Crippen MR) is 137 cm³/mol. The van der Waals surface area contributed by atoms with Gasteiger partial charge in [0.2, 0.25) is 17.7 Å². The lowest BCUT2D eigenvalue weighted by molar-refractivity contribution is -0.143. The van der Waals surface area contributed by atoms with Crippen LogP contribution in [0.3, 0.4) is 0 Å². The van der Waals surface area contributed by atoms with E-state index in [1.807, 2.05) is 13.0 Å². The molecule has 0 radical (unpaired) electrons. The molecule has 12 heteroatoms. The molecule has 0 heterocycles. The number of carboxylic acids is 1. The molecular weight excluding hydrogens is 466 g/mol. The van der Waals surface area contributed by atoms with E-state index in [-0.39, 0.29) is 18.3 Å². The number of benzene rings is 1. The molecule has 1 aromatic carbocycles. The summed E-state index contributed by atoms with van der Waals surface area (Å²) in [6.45, 7) is 5.34. The number of hydrogen-bond acceptors (Lipinski definition) is 6.